The summed E-state index contributed by atoms with van der Waals surface area (Å²) < 4.78 is 4.41. The lowest BCUT2D eigenvalue weighted by Gasteiger charge is -2.07. The number of carboxylic acids is 4. The van der Waals surface area contributed by atoms with Crippen molar-refractivity contribution >= 4 is 23.9 Å². The minimum atomic E-state index is -1.28. The van der Waals surface area contributed by atoms with Crippen LogP contribution in [-0.2, 0) is 0 Å². The summed E-state index contributed by atoms with van der Waals surface area (Å²) in [6.45, 7) is 3.20. The third kappa shape index (κ3) is 4.67. The van der Waals surface area contributed by atoms with Crippen molar-refractivity contribution in [3.8, 4) is 0 Å². The molecule has 0 fully saturated rings. The van der Waals surface area contributed by atoms with E-state index >= 15 is 0 Å². The number of rotatable bonds is 4. The van der Waals surface area contributed by atoms with Crippen molar-refractivity contribution in [2.75, 3.05) is 0 Å². The first-order valence-corrected chi connectivity index (χ1v) is 6.69. The van der Waals surface area contributed by atoms with Crippen molar-refractivity contribution < 1.29 is 44.0 Å². The Kier molecular flexibility index (Phi) is 6.04. The Morgan fingerprint density at radius 3 is 1.16 bits per heavy atom. The fraction of sp³-hybridized carbons (Fsp3) is 0.125. The molecule has 0 saturated carbocycles. The van der Waals surface area contributed by atoms with E-state index in [0.717, 1.165) is 12.1 Å². The molecule has 1 aromatic carbocycles. The molecule has 2 aromatic rings. The first-order chi connectivity index (χ1) is 11.6. The van der Waals surface area contributed by atoms with Gasteiger partial charge in [0, 0.05) is 0 Å². The van der Waals surface area contributed by atoms with Gasteiger partial charge in [-0.2, -0.15) is 0 Å². The van der Waals surface area contributed by atoms with Gasteiger partial charge in [0.05, 0.1) is 11.1 Å². The van der Waals surface area contributed by atoms with Crippen molar-refractivity contribution in [3.63, 3.8) is 0 Å². The number of carbonyl (C=O) groups is 4. The Morgan fingerprint density at radius 2 is 0.960 bits per heavy atom. The van der Waals surface area contributed by atoms with Crippen LogP contribution in [-0.4, -0.2) is 44.3 Å². The lowest BCUT2D eigenvalue weighted by atomic mass is 9.98. The molecule has 0 aliphatic carbocycles. The molecule has 0 radical (unpaired) electrons. The van der Waals surface area contributed by atoms with Gasteiger partial charge in [0.25, 0.3) is 0 Å². The fourth-order valence-corrected chi connectivity index (χ4v) is 1.85. The first kappa shape index (κ1) is 19.4. The zero-order valence-corrected chi connectivity index (χ0v) is 13.1. The van der Waals surface area contributed by atoms with Gasteiger partial charge in [0.1, 0.15) is 0 Å². The molecule has 0 spiro atoms. The first-order valence-electron chi connectivity index (χ1n) is 6.69. The fourth-order valence-electron chi connectivity index (χ4n) is 1.85. The SMILES string of the molecule is Cc1c(C(=O)O)ccc(C(=O)O)c1C.O=C(O)c1ccc(C(=O)O)o1. The summed E-state index contributed by atoms with van der Waals surface area (Å²) in [7, 11) is 0. The van der Waals surface area contributed by atoms with E-state index in [1.54, 1.807) is 13.8 Å². The van der Waals surface area contributed by atoms with Crippen LogP contribution in [0.3, 0.4) is 0 Å². The Balaban J connectivity index is 0.000000257. The molecule has 2 rings (SSSR count). The quantitative estimate of drug-likeness (QED) is 0.648. The van der Waals surface area contributed by atoms with Crippen molar-refractivity contribution in [3.05, 3.63) is 58.0 Å². The monoisotopic (exact) mass is 350 g/mol. The van der Waals surface area contributed by atoms with Crippen molar-refractivity contribution in [1.82, 2.24) is 0 Å². The van der Waals surface area contributed by atoms with E-state index in [4.69, 9.17) is 20.4 Å². The Morgan fingerprint density at radius 1 is 0.640 bits per heavy atom. The van der Waals surface area contributed by atoms with Gasteiger partial charge in [-0.1, -0.05) is 0 Å². The van der Waals surface area contributed by atoms with Crippen LogP contribution in [0.5, 0.6) is 0 Å². The van der Waals surface area contributed by atoms with E-state index in [1.807, 2.05) is 0 Å². The maximum Gasteiger partial charge on any atom is 0.371 e. The molecular formula is C16H14O9. The number of carboxylic acid groups (broad SMARTS) is 4. The van der Waals surface area contributed by atoms with E-state index in [1.165, 1.54) is 12.1 Å². The van der Waals surface area contributed by atoms with Crippen LogP contribution in [0.15, 0.2) is 28.7 Å². The van der Waals surface area contributed by atoms with Crippen LogP contribution in [0.25, 0.3) is 0 Å². The van der Waals surface area contributed by atoms with Crippen LogP contribution in [0, 0.1) is 13.8 Å². The maximum absolute atomic E-state index is 10.7. The number of benzene rings is 1. The summed E-state index contributed by atoms with van der Waals surface area (Å²) >= 11 is 0. The van der Waals surface area contributed by atoms with Crippen molar-refractivity contribution in [2.24, 2.45) is 0 Å². The molecule has 0 amide bonds. The van der Waals surface area contributed by atoms with Crippen LogP contribution >= 0.6 is 0 Å². The zero-order valence-electron chi connectivity index (χ0n) is 13.1. The summed E-state index contributed by atoms with van der Waals surface area (Å²) in [5.74, 6) is -5.38. The summed E-state index contributed by atoms with van der Waals surface area (Å²) in [6, 6.07) is 4.81. The van der Waals surface area contributed by atoms with Crippen molar-refractivity contribution in [1.29, 1.82) is 0 Å². The van der Waals surface area contributed by atoms with E-state index in [2.05, 4.69) is 4.42 Å². The van der Waals surface area contributed by atoms with E-state index in [9.17, 15) is 19.2 Å². The predicted octanol–water partition coefficient (Wildman–Crippen LogP) is 2.38. The standard InChI is InChI=1S/C10H10O4.C6H4O5/c1-5-6(2)8(10(13)14)4-3-7(5)9(11)12;7-5(8)3-1-2-4(11-3)6(9)10/h3-4H,1-2H3,(H,11,12)(H,13,14);1-2H,(H,7,8)(H,9,10). The molecule has 4 N–H and O–H groups in total. The number of aromatic carboxylic acids is 4. The summed E-state index contributed by atoms with van der Waals surface area (Å²) in [5, 5.41) is 34.1. The third-order valence-corrected chi connectivity index (χ3v) is 3.28. The van der Waals surface area contributed by atoms with Gasteiger partial charge in [0.2, 0.25) is 11.5 Å². The molecule has 9 nitrogen and oxygen atoms in total. The smallest absolute Gasteiger partial charge is 0.371 e. The minimum absolute atomic E-state index is 0.146. The average molecular weight is 350 g/mol. The van der Waals surface area contributed by atoms with E-state index < -0.39 is 23.9 Å². The second-order valence-corrected chi connectivity index (χ2v) is 4.80. The van der Waals surface area contributed by atoms with E-state index in [0.29, 0.717) is 11.1 Å². The maximum atomic E-state index is 10.7. The highest BCUT2D eigenvalue weighted by Gasteiger charge is 2.15. The van der Waals surface area contributed by atoms with Crippen LogP contribution in [0.2, 0.25) is 0 Å². The van der Waals surface area contributed by atoms with Gasteiger partial charge >= 0.3 is 23.9 Å². The van der Waals surface area contributed by atoms with Gasteiger partial charge in [0.15, 0.2) is 0 Å². The van der Waals surface area contributed by atoms with Crippen LogP contribution in [0.1, 0.15) is 53.0 Å². The second kappa shape index (κ2) is 7.77. The lowest BCUT2D eigenvalue weighted by Crippen LogP contribution is -2.06. The highest BCUT2D eigenvalue weighted by Crippen LogP contribution is 2.17. The molecule has 0 aliphatic rings. The molecule has 0 saturated heterocycles. The lowest BCUT2D eigenvalue weighted by molar-refractivity contribution is 0.0626. The van der Waals surface area contributed by atoms with E-state index in [-0.39, 0.29) is 22.6 Å². The van der Waals surface area contributed by atoms with Gasteiger partial charge in [-0.05, 0) is 49.2 Å². The topological polar surface area (TPSA) is 162 Å². The summed E-state index contributed by atoms with van der Waals surface area (Å²) in [4.78, 5) is 41.7. The van der Waals surface area contributed by atoms with Gasteiger partial charge in [-0.15, -0.1) is 0 Å². The molecule has 0 bridgehead atoms. The minimum Gasteiger partial charge on any atom is -0.478 e. The molecule has 1 aromatic heterocycles. The Bertz CT molecular complexity index is 778. The number of hydrogen-bond donors (Lipinski definition) is 4. The van der Waals surface area contributed by atoms with Gasteiger partial charge in [-0.25, -0.2) is 19.2 Å². The van der Waals surface area contributed by atoms with Crippen LogP contribution in [0.4, 0.5) is 0 Å². The molecule has 0 aliphatic heterocycles. The molecule has 0 unspecified atom stereocenters. The molecule has 9 heteroatoms. The molecule has 1 heterocycles. The Labute approximate surface area is 140 Å². The summed E-state index contributed by atoms with van der Waals surface area (Å²) in [6.07, 6.45) is 0. The van der Waals surface area contributed by atoms with Gasteiger partial charge < -0.3 is 24.8 Å². The number of hydrogen-bond acceptors (Lipinski definition) is 5. The number of furan rings is 1. The third-order valence-electron chi connectivity index (χ3n) is 3.28. The highest BCUT2D eigenvalue weighted by molar-refractivity contribution is 5.94. The van der Waals surface area contributed by atoms with Gasteiger partial charge in [-0.3, -0.25) is 0 Å². The normalized spacial score (nSPS) is 9.68. The summed E-state index contributed by atoms with van der Waals surface area (Å²) in [5.41, 5.74) is 1.29. The molecule has 132 valence electrons. The largest absolute Gasteiger partial charge is 0.478 e. The van der Waals surface area contributed by atoms with Crippen molar-refractivity contribution in [2.45, 2.75) is 13.8 Å². The Hall–Kier alpha value is -3.62. The molecule has 0 atom stereocenters. The predicted molar refractivity (Wildman–Crippen MR) is 82.5 cm³/mol. The average Bonchev–Trinajstić information content (AvgIpc) is 3.00. The second-order valence-electron chi connectivity index (χ2n) is 4.80. The van der Waals surface area contributed by atoms with Crippen LogP contribution < -0.4 is 0 Å². The molecule has 25 heavy (non-hydrogen) atoms. The zero-order chi connectivity index (χ0) is 19.3. The highest BCUT2D eigenvalue weighted by atomic mass is 16.4. The molecular weight excluding hydrogens is 336 g/mol.